The van der Waals surface area contributed by atoms with Gasteiger partial charge in [-0.3, -0.25) is 14.4 Å². The second kappa shape index (κ2) is 10.7. The van der Waals surface area contributed by atoms with E-state index in [0.717, 1.165) is 18.4 Å². The van der Waals surface area contributed by atoms with Gasteiger partial charge in [0.05, 0.1) is 30.6 Å². The highest BCUT2D eigenvalue weighted by atomic mass is 16.5. The zero-order valence-electron chi connectivity index (χ0n) is 25.2. The van der Waals surface area contributed by atoms with Crippen molar-refractivity contribution in [2.24, 2.45) is 17.3 Å². The summed E-state index contributed by atoms with van der Waals surface area (Å²) in [6.45, 7) is 13.7. The Morgan fingerprint density at radius 2 is 1.71 bits per heavy atom. The van der Waals surface area contributed by atoms with Crippen molar-refractivity contribution in [3.63, 3.8) is 0 Å². The first-order valence-electron chi connectivity index (χ1n) is 15.0. The summed E-state index contributed by atoms with van der Waals surface area (Å²) >= 11 is 0. The molecular weight excluding hydrogens is 518 g/mol. The average Bonchev–Trinajstić information content (AvgIpc) is 3.21. The van der Waals surface area contributed by atoms with Crippen LogP contribution in [-0.4, -0.2) is 87.1 Å². The number of likely N-dealkylation sites (tertiary alicyclic amines) is 1. The summed E-state index contributed by atoms with van der Waals surface area (Å²) in [7, 11) is 0. The monoisotopic (exact) mass is 563 g/mol. The Balaban J connectivity index is 1.66. The van der Waals surface area contributed by atoms with Crippen LogP contribution in [0.5, 0.6) is 0 Å². The number of fused-ring (bicyclic) bond motifs is 2. The first-order valence-corrected chi connectivity index (χ1v) is 15.0. The van der Waals surface area contributed by atoms with Crippen LogP contribution in [0.25, 0.3) is 0 Å². The summed E-state index contributed by atoms with van der Waals surface area (Å²) in [4.78, 5) is 48.7. The van der Waals surface area contributed by atoms with Crippen molar-refractivity contribution in [2.45, 2.75) is 83.7 Å². The lowest BCUT2D eigenvalue weighted by Crippen LogP contribution is -2.60. The highest BCUT2D eigenvalue weighted by molar-refractivity contribution is 6.00. The van der Waals surface area contributed by atoms with Crippen LogP contribution >= 0.6 is 0 Å². The van der Waals surface area contributed by atoms with Gasteiger partial charge in [0.15, 0.2) is 0 Å². The SMILES string of the molecule is CCCN1CC=C[C@@H]2O[C@]34C=CCN(C(C)(C)CC(C)(C)C)C(=O)C3N([C@H](CO)c3ccccc3)C(=O)[C@@H]4[C@@H]2C1=O. The second-order valence-electron chi connectivity index (χ2n) is 13.8. The molecule has 4 aliphatic heterocycles. The number of aliphatic hydroxyl groups is 1. The third-order valence-electron chi connectivity index (χ3n) is 9.06. The molecule has 0 aromatic heterocycles. The molecule has 4 aliphatic rings. The lowest BCUT2D eigenvalue weighted by Gasteiger charge is -2.45. The van der Waals surface area contributed by atoms with Crippen LogP contribution in [0.1, 0.15) is 66.0 Å². The molecule has 41 heavy (non-hydrogen) atoms. The lowest BCUT2D eigenvalue weighted by atomic mass is 9.77. The summed E-state index contributed by atoms with van der Waals surface area (Å²) < 4.78 is 6.79. The van der Waals surface area contributed by atoms with Gasteiger partial charge in [-0.2, -0.15) is 0 Å². The summed E-state index contributed by atoms with van der Waals surface area (Å²) in [5.41, 5.74) is -1.15. The van der Waals surface area contributed by atoms with Gasteiger partial charge in [0.1, 0.15) is 11.6 Å². The largest absolute Gasteiger partial charge is 0.394 e. The van der Waals surface area contributed by atoms with Gasteiger partial charge in [-0.05, 0) is 37.7 Å². The fraction of sp³-hybridized carbons (Fsp3) is 0.606. The van der Waals surface area contributed by atoms with E-state index in [9.17, 15) is 19.5 Å². The number of rotatable bonds is 7. The summed E-state index contributed by atoms with van der Waals surface area (Å²) in [5.74, 6) is -2.28. The second-order valence-corrected chi connectivity index (χ2v) is 13.8. The van der Waals surface area contributed by atoms with Crippen LogP contribution in [-0.2, 0) is 19.1 Å². The Morgan fingerprint density at radius 3 is 2.34 bits per heavy atom. The Labute approximate surface area is 244 Å². The number of carbonyl (C=O) groups excluding carboxylic acids is 3. The van der Waals surface area contributed by atoms with Gasteiger partial charge in [0.2, 0.25) is 17.7 Å². The van der Waals surface area contributed by atoms with Crippen molar-refractivity contribution in [1.82, 2.24) is 14.7 Å². The van der Waals surface area contributed by atoms with E-state index in [1.807, 2.05) is 66.5 Å². The predicted octanol–water partition coefficient (Wildman–Crippen LogP) is 3.72. The van der Waals surface area contributed by atoms with Gasteiger partial charge in [-0.15, -0.1) is 0 Å². The molecule has 1 N–H and O–H groups in total. The van der Waals surface area contributed by atoms with Crippen molar-refractivity contribution >= 4 is 17.7 Å². The normalized spacial score (nSPS) is 30.7. The molecule has 0 radical (unpaired) electrons. The van der Waals surface area contributed by atoms with E-state index >= 15 is 0 Å². The first kappa shape index (κ1) is 29.5. The van der Waals surface area contributed by atoms with Crippen molar-refractivity contribution in [3.8, 4) is 0 Å². The van der Waals surface area contributed by atoms with E-state index in [4.69, 9.17) is 4.74 Å². The smallest absolute Gasteiger partial charge is 0.249 e. The minimum atomic E-state index is -1.33. The van der Waals surface area contributed by atoms with Gasteiger partial charge >= 0.3 is 0 Å². The van der Waals surface area contributed by atoms with E-state index in [0.29, 0.717) is 19.6 Å². The molecule has 8 nitrogen and oxygen atoms in total. The van der Waals surface area contributed by atoms with Crippen LogP contribution < -0.4 is 0 Å². The predicted molar refractivity (Wildman–Crippen MR) is 157 cm³/mol. The maximum atomic E-state index is 14.8. The molecule has 2 saturated heterocycles. The molecule has 2 fully saturated rings. The zero-order valence-corrected chi connectivity index (χ0v) is 25.2. The summed E-state index contributed by atoms with van der Waals surface area (Å²) in [6.07, 6.45) is 8.58. The minimum absolute atomic E-state index is 0.0418. The number of hydrogen-bond acceptors (Lipinski definition) is 5. The zero-order chi connectivity index (χ0) is 29.7. The van der Waals surface area contributed by atoms with Crippen molar-refractivity contribution in [1.29, 1.82) is 0 Å². The minimum Gasteiger partial charge on any atom is -0.394 e. The van der Waals surface area contributed by atoms with Crippen LogP contribution in [0.15, 0.2) is 54.6 Å². The molecule has 5 rings (SSSR count). The van der Waals surface area contributed by atoms with E-state index in [2.05, 4.69) is 34.6 Å². The Bertz CT molecular complexity index is 1240. The first-order chi connectivity index (χ1) is 19.4. The Kier molecular flexibility index (Phi) is 7.70. The molecule has 4 heterocycles. The number of nitrogens with zero attached hydrogens (tertiary/aromatic N) is 3. The summed E-state index contributed by atoms with van der Waals surface area (Å²) in [5, 5.41) is 10.7. The average molecular weight is 564 g/mol. The number of aliphatic hydroxyl groups excluding tert-OH is 1. The van der Waals surface area contributed by atoms with Gasteiger partial charge in [0.25, 0.3) is 0 Å². The quantitative estimate of drug-likeness (QED) is 0.511. The number of ether oxygens (including phenoxy) is 1. The van der Waals surface area contributed by atoms with Gasteiger partial charge in [0, 0.05) is 25.2 Å². The maximum Gasteiger partial charge on any atom is 0.249 e. The van der Waals surface area contributed by atoms with Gasteiger partial charge < -0.3 is 24.5 Å². The van der Waals surface area contributed by atoms with Crippen molar-refractivity contribution < 1.29 is 24.2 Å². The maximum absolute atomic E-state index is 14.8. The van der Waals surface area contributed by atoms with Gasteiger partial charge in [-0.25, -0.2) is 0 Å². The topological polar surface area (TPSA) is 90.4 Å². The molecule has 222 valence electrons. The van der Waals surface area contributed by atoms with E-state index in [1.165, 1.54) is 0 Å². The molecule has 8 heteroatoms. The highest BCUT2D eigenvalue weighted by Gasteiger charge is 2.73. The van der Waals surface area contributed by atoms with Gasteiger partial charge in [-0.1, -0.05) is 82.3 Å². The van der Waals surface area contributed by atoms with E-state index < -0.39 is 41.2 Å². The fourth-order valence-electron chi connectivity index (χ4n) is 7.90. The molecule has 0 aliphatic carbocycles. The van der Waals surface area contributed by atoms with E-state index in [1.54, 1.807) is 9.80 Å². The molecule has 0 bridgehead atoms. The summed E-state index contributed by atoms with van der Waals surface area (Å²) in [6, 6.07) is 7.53. The molecule has 1 aromatic rings. The van der Waals surface area contributed by atoms with Crippen LogP contribution in [0.3, 0.4) is 0 Å². The fourth-order valence-corrected chi connectivity index (χ4v) is 7.90. The molecule has 1 spiro atoms. The molecule has 6 atom stereocenters. The molecule has 3 amide bonds. The molecule has 1 unspecified atom stereocenters. The van der Waals surface area contributed by atoms with E-state index in [-0.39, 0.29) is 29.7 Å². The number of carbonyl (C=O) groups is 3. The molecular formula is C33H45N3O5. The lowest BCUT2D eigenvalue weighted by molar-refractivity contribution is -0.155. The number of benzene rings is 1. The standard InChI is InChI=1S/C33H45N3O5/c1-7-17-34-18-11-15-24-25(28(34)38)26-29(39)36(23(20-37)22-13-9-8-10-14-22)27-30(40)35(19-12-16-33(26,27)41-24)32(5,6)21-31(2,3)4/h8-16,23-27,37H,7,17-21H2,1-6H3/t23-,24+,25-,26+,27?,33+/m1/s1. The highest BCUT2D eigenvalue weighted by Crippen LogP contribution is 2.55. The van der Waals surface area contributed by atoms with Crippen LogP contribution in [0, 0.1) is 17.3 Å². The Morgan fingerprint density at radius 1 is 1.00 bits per heavy atom. The Hall–Kier alpha value is -2.97. The van der Waals surface area contributed by atoms with Crippen molar-refractivity contribution in [2.75, 3.05) is 26.2 Å². The van der Waals surface area contributed by atoms with Crippen molar-refractivity contribution in [3.05, 3.63) is 60.2 Å². The van der Waals surface area contributed by atoms with Crippen LogP contribution in [0.2, 0.25) is 0 Å². The van der Waals surface area contributed by atoms with Crippen LogP contribution in [0.4, 0.5) is 0 Å². The number of amides is 3. The third-order valence-corrected chi connectivity index (χ3v) is 9.06. The molecule has 1 aromatic carbocycles. The molecule has 0 saturated carbocycles. The number of hydrogen-bond donors (Lipinski definition) is 1. The third kappa shape index (κ3) is 4.93.